The number of rotatable bonds is 9. The predicted molar refractivity (Wildman–Crippen MR) is 180 cm³/mol. The number of fused-ring (bicyclic) bond motifs is 1. The lowest BCUT2D eigenvalue weighted by molar-refractivity contribution is -0.121. The second-order valence-corrected chi connectivity index (χ2v) is 14.0. The normalized spacial score (nSPS) is 20.0. The number of carbonyl (C=O) groups excluding carboxylic acids is 2. The second kappa shape index (κ2) is 13.9. The first kappa shape index (κ1) is 34.0. The van der Waals surface area contributed by atoms with Gasteiger partial charge in [-0.05, 0) is 88.2 Å². The van der Waals surface area contributed by atoms with Gasteiger partial charge in [-0.15, -0.1) is 0 Å². The van der Waals surface area contributed by atoms with E-state index in [1.54, 1.807) is 24.0 Å². The number of nitrogens with zero attached hydrogens (tertiary/aromatic N) is 5. The van der Waals surface area contributed by atoms with Crippen LogP contribution in [0.4, 0.5) is 10.5 Å². The first-order valence-corrected chi connectivity index (χ1v) is 17.9. The zero-order valence-electron chi connectivity index (χ0n) is 27.8. The molecule has 1 unspecified atom stereocenters. The molecular weight excluding hydrogens is 648 g/mol. The minimum atomic E-state index is -4.68. The first-order valence-electron chi connectivity index (χ1n) is 16.5. The summed E-state index contributed by atoms with van der Waals surface area (Å²) in [5.74, 6) is -0.639. The van der Waals surface area contributed by atoms with Gasteiger partial charge in [-0.3, -0.25) is 4.79 Å². The number of aromatic nitrogens is 1. The van der Waals surface area contributed by atoms with Crippen molar-refractivity contribution < 1.29 is 32.2 Å². The minimum Gasteiger partial charge on any atom is -0.497 e. The van der Waals surface area contributed by atoms with E-state index in [1.165, 1.54) is 76.1 Å². The number of methoxy groups -OCH3 is 2. The van der Waals surface area contributed by atoms with Crippen molar-refractivity contribution in [2.24, 2.45) is 0 Å². The summed E-state index contributed by atoms with van der Waals surface area (Å²) in [7, 11) is -1.93. The fourth-order valence-electron chi connectivity index (χ4n) is 7.12. The average Bonchev–Trinajstić information content (AvgIpc) is 3.39. The molecule has 3 aromatic rings. The molecule has 6 rings (SSSR count). The number of pyridine rings is 1. The maximum absolute atomic E-state index is 15.1. The van der Waals surface area contributed by atoms with Crippen molar-refractivity contribution in [3.05, 3.63) is 71.4 Å². The van der Waals surface area contributed by atoms with Crippen LogP contribution in [-0.2, 0) is 20.4 Å². The van der Waals surface area contributed by atoms with Crippen LogP contribution in [0, 0.1) is 11.3 Å². The molecule has 0 aliphatic carbocycles. The minimum absolute atomic E-state index is 0.0303. The Morgan fingerprint density at radius 2 is 1.78 bits per heavy atom. The molecule has 1 N–H and O–H groups in total. The summed E-state index contributed by atoms with van der Waals surface area (Å²) in [5.41, 5.74) is -1.77. The lowest BCUT2D eigenvalue weighted by atomic mass is 9.83. The van der Waals surface area contributed by atoms with E-state index in [9.17, 15) is 18.5 Å². The number of anilines is 1. The number of amides is 3. The molecule has 3 amide bonds. The third kappa shape index (κ3) is 6.02. The zero-order valence-corrected chi connectivity index (χ0v) is 28.7. The summed E-state index contributed by atoms with van der Waals surface area (Å²) in [4.78, 5) is 37.7. The van der Waals surface area contributed by atoms with Gasteiger partial charge in [0.1, 0.15) is 16.4 Å². The maximum atomic E-state index is 15.1. The van der Waals surface area contributed by atoms with Crippen LogP contribution in [0.2, 0.25) is 0 Å². The van der Waals surface area contributed by atoms with Crippen molar-refractivity contribution in [1.82, 2.24) is 20.1 Å². The molecule has 1 aromatic heterocycles. The summed E-state index contributed by atoms with van der Waals surface area (Å²) in [6.07, 6.45) is 6.61. The molecule has 3 aliphatic rings. The molecule has 2 fully saturated rings. The topological polar surface area (TPSA) is 154 Å². The van der Waals surface area contributed by atoms with Crippen LogP contribution >= 0.6 is 0 Å². The third-order valence-electron chi connectivity index (χ3n) is 9.55. The number of hydrogen-bond acceptors (Lipinski definition) is 10. The molecular formula is C35H40N6O7S. The summed E-state index contributed by atoms with van der Waals surface area (Å²) in [6.45, 7) is 4.95. The Morgan fingerprint density at radius 1 is 1.02 bits per heavy atom. The van der Waals surface area contributed by atoms with E-state index in [2.05, 4.69) is 21.3 Å². The highest BCUT2D eigenvalue weighted by molar-refractivity contribution is 7.93. The Balaban J connectivity index is 1.47. The van der Waals surface area contributed by atoms with Gasteiger partial charge in [0.15, 0.2) is 5.54 Å². The zero-order chi connectivity index (χ0) is 34.8. The van der Waals surface area contributed by atoms with Crippen LogP contribution in [0.3, 0.4) is 0 Å². The standard InChI is InChI=1S/C35H40N6O7S/c1-4-48-32-27(9-8-16-37-32)35(38-34(43)40-19-14-25(15-20-40)39-17-6-5-7-18-39)28-21-24(23-36)10-12-29(28)41(33(35)42)49(44,45)31-13-11-26(46-2)22-30(31)47-3/h8-13,16,21-22,25H,4-7,14-15,17-20H2,1-3H3,(H,38,43). The van der Waals surface area contributed by atoms with Gasteiger partial charge < -0.3 is 29.3 Å². The fraction of sp³-hybridized carbons (Fsp3) is 0.429. The van der Waals surface area contributed by atoms with Gasteiger partial charge in [0, 0.05) is 37.0 Å². The van der Waals surface area contributed by atoms with Gasteiger partial charge in [0.05, 0.1) is 43.7 Å². The van der Waals surface area contributed by atoms with Gasteiger partial charge in [-0.2, -0.15) is 9.57 Å². The number of nitriles is 1. The summed E-state index contributed by atoms with van der Waals surface area (Å²) in [6, 6.07) is 13.5. The van der Waals surface area contributed by atoms with Crippen LogP contribution in [0.15, 0.2) is 59.6 Å². The van der Waals surface area contributed by atoms with Gasteiger partial charge in [-0.1, -0.05) is 6.42 Å². The number of ether oxygens (including phenoxy) is 3. The molecule has 1 atom stereocenters. The Kier molecular flexibility index (Phi) is 9.67. The highest BCUT2D eigenvalue weighted by Gasteiger charge is 2.59. The quantitative estimate of drug-likeness (QED) is 0.349. The number of nitrogens with one attached hydrogen (secondary N) is 1. The number of hydrogen-bond donors (Lipinski definition) is 1. The molecule has 258 valence electrons. The number of likely N-dealkylation sites (tertiary alicyclic amines) is 2. The monoisotopic (exact) mass is 688 g/mol. The molecule has 49 heavy (non-hydrogen) atoms. The van der Waals surface area contributed by atoms with Gasteiger partial charge in [0.25, 0.3) is 15.9 Å². The van der Waals surface area contributed by atoms with Gasteiger partial charge in [0.2, 0.25) is 5.88 Å². The highest BCUT2D eigenvalue weighted by Crippen LogP contribution is 2.50. The predicted octanol–water partition coefficient (Wildman–Crippen LogP) is 4.01. The number of benzene rings is 2. The number of urea groups is 1. The Bertz CT molecular complexity index is 1880. The highest BCUT2D eigenvalue weighted by atomic mass is 32.2. The lowest BCUT2D eigenvalue weighted by Crippen LogP contribution is -2.59. The smallest absolute Gasteiger partial charge is 0.318 e. The number of piperidine rings is 2. The van der Waals surface area contributed by atoms with E-state index in [0.29, 0.717) is 29.2 Å². The fourth-order valence-corrected chi connectivity index (χ4v) is 8.72. The van der Waals surface area contributed by atoms with Crippen molar-refractivity contribution in [2.45, 2.75) is 55.5 Å². The van der Waals surface area contributed by atoms with Crippen molar-refractivity contribution >= 4 is 27.6 Å². The van der Waals surface area contributed by atoms with E-state index in [1.807, 2.05) is 0 Å². The largest absolute Gasteiger partial charge is 0.497 e. The van der Waals surface area contributed by atoms with Gasteiger partial charge in [-0.25, -0.2) is 18.2 Å². The van der Waals surface area contributed by atoms with E-state index in [-0.39, 0.29) is 45.5 Å². The Labute approximate surface area is 286 Å². The summed E-state index contributed by atoms with van der Waals surface area (Å²) >= 11 is 0. The molecule has 0 saturated carbocycles. The van der Waals surface area contributed by atoms with E-state index in [4.69, 9.17) is 14.2 Å². The molecule has 0 spiro atoms. The van der Waals surface area contributed by atoms with Crippen molar-refractivity contribution in [3.63, 3.8) is 0 Å². The van der Waals surface area contributed by atoms with Gasteiger partial charge >= 0.3 is 6.03 Å². The summed E-state index contributed by atoms with van der Waals surface area (Å²) in [5, 5.41) is 12.9. The van der Waals surface area contributed by atoms with E-state index in [0.717, 1.165) is 25.9 Å². The molecule has 2 saturated heterocycles. The SMILES string of the molecule is CCOc1ncccc1C1(NC(=O)N2CCC(N3CCCCC3)CC2)C(=O)N(S(=O)(=O)c2ccc(OC)cc2OC)c2ccc(C#N)cc21. The molecule has 2 aromatic carbocycles. The summed E-state index contributed by atoms with van der Waals surface area (Å²) < 4.78 is 46.4. The Morgan fingerprint density at radius 3 is 2.45 bits per heavy atom. The third-order valence-corrected chi connectivity index (χ3v) is 11.3. The molecule has 4 heterocycles. The van der Waals surface area contributed by atoms with Crippen molar-refractivity contribution in [3.8, 4) is 23.4 Å². The first-order chi connectivity index (χ1) is 23.7. The van der Waals surface area contributed by atoms with Crippen molar-refractivity contribution in [2.75, 3.05) is 51.3 Å². The Hall–Kier alpha value is -4.87. The van der Waals surface area contributed by atoms with Crippen LogP contribution in [-0.4, -0.2) is 88.2 Å². The van der Waals surface area contributed by atoms with Crippen LogP contribution in [0.1, 0.15) is 55.7 Å². The molecule has 0 bridgehead atoms. The average molecular weight is 689 g/mol. The molecule has 0 radical (unpaired) electrons. The van der Waals surface area contributed by atoms with Crippen molar-refractivity contribution in [1.29, 1.82) is 5.26 Å². The number of carbonyl (C=O) groups is 2. The van der Waals surface area contributed by atoms with Crippen LogP contribution in [0.5, 0.6) is 17.4 Å². The number of sulfonamides is 1. The second-order valence-electron chi connectivity index (χ2n) is 12.2. The van der Waals surface area contributed by atoms with E-state index >= 15 is 4.79 Å². The molecule has 13 nitrogen and oxygen atoms in total. The van der Waals surface area contributed by atoms with E-state index < -0.39 is 27.5 Å². The maximum Gasteiger partial charge on any atom is 0.318 e. The molecule has 14 heteroatoms. The van der Waals surface area contributed by atoms with Crippen LogP contribution in [0.25, 0.3) is 0 Å². The lowest BCUT2D eigenvalue weighted by Gasteiger charge is -2.41. The molecule has 3 aliphatic heterocycles. The van der Waals surface area contributed by atoms with Crippen LogP contribution < -0.4 is 23.8 Å².